The smallest absolute Gasteiger partial charge is 0.309 e. The van der Waals surface area contributed by atoms with Crippen LogP contribution in [0.1, 0.15) is 38.5 Å². The Hall–Kier alpha value is -0.610. The van der Waals surface area contributed by atoms with Gasteiger partial charge in [0.05, 0.1) is 5.92 Å². The van der Waals surface area contributed by atoms with Crippen molar-refractivity contribution in [2.45, 2.75) is 56.7 Å². The predicted octanol–water partition coefficient (Wildman–Crippen LogP) is 0.537. The van der Waals surface area contributed by atoms with Gasteiger partial charge in [-0.1, -0.05) is 0 Å². The SMILES string of the molecule is NC1CCC(OC(=O)C2CCC(N)C2)C1. The second-order valence-electron chi connectivity index (χ2n) is 4.90. The van der Waals surface area contributed by atoms with E-state index in [1.165, 1.54) is 0 Å². The summed E-state index contributed by atoms with van der Waals surface area (Å²) in [5.74, 6) is -0.0149. The first-order chi connectivity index (χ1) is 7.15. The van der Waals surface area contributed by atoms with Crippen molar-refractivity contribution in [3.8, 4) is 0 Å². The number of nitrogens with two attached hydrogens (primary N) is 2. The van der Waals surface area contributed by atoms with Gasteiger partial charge in [0.2, 0.25) is 0 Å². The van der Waals surface area contributed by atoms with Gasteiger partial charge in [0.1, 0.15) is 6.10 Å². The maximum atomic E-state index is 11.7. The summed E-state index contributed by atoms with van der Waals surface area (Å²) < 4.78 is 5.44. The molecule has 4 heteroatoms. The molecular formula is C11H20N2O2. The van der Waals surface area contributed by atoms with Gasteiger partial charge >= 0.3 is 5.97 Å². The fraction of sp³-hybridized carbons (Fsp3) is 0.909. The molecule has 0 bridgehead atoms. The zero-order valence-electron chi connectivity index (χ0n) is 9.02. The molecule has 4 nitrogen and oxygen atoms in total. The standard InChI is InChI=1S/C11H20N2O2/c12-8-2-1-7(5-8)11(14)15-10-4-3-9(13)6-10/h7-10H,1-6,12-13H2. The molecule has 4 atom stereocenters. The minimum Gasteiger partial charge on any atom is -0.462 e. The van der Waals surface area contributed by atoms with Crippen LogP contribution < -0.4 is 11.5 Å². The van der Waals surface area contributed by atoms with Crippen LogP contribution in [0.5, 0.6) is 0 Å². The van der Waals surface area contributed by atoms with E-state index >= 15 is 0 Å². The average molecular weight is 212 g/mol. The minimum atomic E-state index is -0.0537. The van der Waals surface area contributed by atoms with Crippen LogP contribution in [0, 0.1) is 5.92 Å². The highest BCUT2D eigenvalue weighted by Crippen LogP contribution is 2.28. The van der Waals surface area contributed by atoms with Gasteiger partial charge in [-0.2, -0.15) is 0 Å². The molecule has 0 aromatic carbocycles. The van der Waals surface area contributed by atoms with Gasteiger partial charge in [-0.15, -0.1) is 0 Å². The third-order valence-electron chi connectivity index (χ3n) is 3.51. The second kappa shape index (κ2) is 4.49. The molecule has 0 amide bonds. The summed E-state index contributed by atoms with van der Waals surface area (Å²) in [5.41, 5.74) is 11.5. The van der Waals surface area contributed by atoms with Crippen molar-refractivity contribution in [1.82, 2.24) is 0 Å². The van der Waals surface area contributed by atoms with Crippen LogP contribution in [-0.4, -0.2) is 24.2 Å². The Kier molecular flexibility index (Phi) is 3.26. The lowest BCUT2D eigenvalue weighted by atomic mass is 10.1. The van der Waals surface area contributed by atoms with Crippen LogP contribution in [-0.2, 0) is 9.53 Å². The maximum absolute atomic E-state index is 11.7. The Labute approximate surface area is 90.3 Å². The van der Waals surface area contributed by atoms with Gasteiger partial charge in [-0.25, -0.2) is 0 Å². The van der Waals surface area contributed by atoms with E-state index in [1.54, 1.807) is 0 Å². The molecule has 0 aromatic heterocycles. The van der Waals surface area contributed by atoms with Crippen molar-refractivity contribution >= 4 is 5.97 Å². The summed E-state index contributed by atoms with van der Waals surface area (Å²) in [7, 11) is 0. The first-order valence-corrected chi connectivity index (χ1v) is 5.87. The monoisotopic (exact) mass is 212 g/mol. The van der Waals surface area contributed by atoms with E-state index in [4.69, 9.17) is 16.2 Å². The van der Waals surface area contributed by atoms with Crippen LogP contribution in [0.15, 0.2) is 0 Å². The average Bonchev–Trinajstić information content (AvgIpc) is 2.75. The number of carbonyl (C=O) groups excluding carboxylic acids is 1. The third-order valence-corrected chi connectivity index (χ3v) is 3.51. The fourth-order valence-corrected chi connectivity index (χ4v) is 2.57. The predicted molar refractivity (Wildman–Crippen MR) is 57.0 cm³/mol. The molecule has 0 aliphatic heterocycles. The lowest BCUT2D eigenvalue weighted by Crippen LogP contribution is -2.24. The van der Waals surface area contributed by atoms with Gasteiger partial charge in [0.25, 0.3) is 0 Å². The second-order valence-corrected chi connectivity index (χ2v) is 4.90. The quantitative estimate of drug-likeness (QED) is 0.655. The zero-order chi connectivity index (χ0) is 10.8. The van der Waals surface area contributed by atoms with Crippen molar-refractivity contribution in [3.63, 3.8) is 0 Å². The third kappa shape index (κ3) is 2.69. The highest BCUT2D eigenvalue weighted by atomic mass is 16.5. The van der Waals surface area contributed by atoms with Gasteiger partial charge in [0.15, 0.2) is 0 Å². The van der Waals surface area contributed by atoms with Crippen molar-refractivity contribution in [3.05, 3.63) is 0 Å². The van der Waals surface area contributed by atoms with Crippen LogP contribution in [0.25, 0.3) is 0 Å². The molecule has 2 rings (SSSR count). The van der Waals surface area contributed by atoms with Gasteiger partial charge in [-0.05, 0) is 38.5 Å². The van der Waals surface area contributed by atoms with E-state index in [9.17, 15) is 4.79 Å². The van der Waals surface area contributed by atoms with E-state index in [1.807, 2.05) is 0 Å². The molecule has 2 aliphatic carbocycles. The van der Waals surface area contributed by atoms with Crippen LogP contribution >= 0.6 is 0 Å². The van der Waals surface area contributed by atoms with Crippen molar-refractivity contribution < 1.29 is 9.53 Å². The number of esters is 1. The Morgan fingerprint density at radius 2 is 1.67 bits per heavy atom. The van der Waals surface area contributed by atoms with Gasteiger partial charge in [0, 0.05) is 12.1 Å². The normalized spacial score (nSPS) is 40.7. The summed E-state index contributed by atoms with van der Waals surface area (Å²) in [6, 6.07) is 0.405. The van der Waals surface area contributed by atoms with E-state index in [0.717, 1.165) is 38.5 Å². The fourth-order valence-electron chi connectivity index (χ4n) is 2.57. The van der Waals surface area contributed by atoms with Crippen LogP contribution in [0.3, 0.4) is 0 Å². The summed E-state index contributed by atoms with van der Waals surface area (Å²) in [6.45, 7) is 0. The Morgan fingerprint density at radius 3 is 2.20 bits per heavy atom. The molecule has 4 N–H and O–H groups in total. The van der Waals surface area contributed by atoms with Crippen LogP contribution in [0.4, 0.5) is 0 Å². The molecule has 4 unspecified atom stereocenters. The molecule has 0 spiro atoms. The minimum absolute atomic E-state index is 0.0387. The lowest BCUT2D eigenvalue weighted by molar-refractivity contribution is -0.153. The number of rotatable bonds is 2. The van der Waals surface area contributed by atoms with Crippen LogP contribution in [0.2, 0.25) is 0 Å². The van der Waals surface area contributed by atoms with Crippen molar-refractivity contribution in [2.24, 2.45) is 17.4 Å². The Balaban J connectivity index is 1.77. The first kappa shape index (κ1) is 10.9. The summed E-state index contributed by atoms with van der Waals surface area (Å²) in [6.07, 6.45) is 5.41. The summed E-state index contributed by atoms with van der Waals surface area (Å²) in [5, 5.41) is 0. The summed E-state index contributed by atoms with van der Waals surface area (Å²) >= 11 is 0. The van der Waals surface area contributed by atoms with Gasteiger partial charge < -0.3 is 16.2 Å². The summed E-state index contributed by atoms with van der Waals surface area (Å²) in [4.78, 5) is 11.7. The topological polar surface area (TPSA) is 78.3 Å². The molecule has 2 saturated carbocycles. The van der Waals surface area contributed by atoms with Crippen molar-refractivity contribution in [1.29, 1.82) is 0 Å². The molecule has 86 valence electrons. The molecule has 15 heavy (non-hydrogen) atoms. The van der Waals surface area contributed by atoms with Crippen molar-refractivity contribution in [2.75, 3.05) is 0 Å². The molecular weight excluding hydrogens is 192 g/mol. The van der Waals surface area contributed by atoms with Gasteiger partial charge in [-0.3, -0.25) is 4.79 Å². The Morgan fingerprint density at radius 1 is 1.00 bits per heavy atom. The van der Waals surface area contributed by atoms with E-state index in [2.05, 4.69) is 0 Å². The number of ether oxygens (including phenoxy) is 1. The zero-order valence-corrected chi connectivity index (χ0v) is 9.02. The Bertz CT molecular complexity index is 245. The van der Waals surface area contributed by atoms with E-state index in [-0.39, 0.29) is 30.1 Å². The molecule has 0 saturated heterocycles. The highest BCUT2D eigenvalue weighted by Gasteiger charge is 2.32. The molecule has 2 aliphatic rings. The maximum Gasteiger partial charge on any atom is 0.309 e. The lowest BCUT2D eigenvalue weighted by Gasteiger charge is -2.15. The largest absolute Gasteiger partial charge is 0.462 e. The highest BCUT2D eigenvalue weighted by molar-refractivity contribution is 5.73. The first-order valence-electron chi connectivity index (χ1n) is 5.87. The number of hydrogen-bond donors (Lipinski definition) is 2. The number of carbonyl (C=O) groups is 1. The molecule has 0 radical (unpaired) electrons. The number of hydrogen-bond acceptors (Lipinski definition) is 4. The molecule has 0 heterocycles. The van der Waals surface area contributed by atoms with E-state index in [0.29, 0.717) is 0 Å². The molecule has 2 fully saturated rings. The van der Waals surface area contributed by atoms with E-state index < -0.39 is 0 Å². The molecule has 0 aromatic rings.